The summed E-state index contributed by atoms with van der Waals surface area (Å²) in [4.78, 5) is 13.0. The van der Waals surface area contributed by atoms with Gasteiger partial charge in [-0.3, -0.25) is 9.48 Å². The van der Waals surface area contributed by atoms with E-state index in [9.17, 15) is 4.79 Å². The second-order valence-corrected chi connectivity index (χ2v) is 7.20. The van der Waals surface area contributed by atoms with Crippen LogP contribution >= 0.6 is 23.2 Å². The molecule has 0 saturated carbocycles. The van der Waals surface area contributed by atoms with E-state index in [-0.39, 0.29) is 18.1 Å². The van der Waals surface area contributed by atoms with Crippen LogP contribution in [0.3, 0.4) is 0 Å². The maximum Gasteiger partial charge on any atom is 0.275 e. The number of halogens is 2. The molecule has 0 fully saturated rings. The Morgan fingerprint density at radius 1 is 1.08 bits per heavy atom. The molecular weight excluding hydrogens is 371 g/mol. The Balaban J connectivity index is 2.02. The maximum absolute atomic E-state index is 13.0. The van der Waals surface area contributed by atoms with E-state index < -0.39 is 0 Å². The summed E-state index contributed by atoms with van der Waals surface area (Å²) in [7, 11) is 1.86. The minimum absolute atomic E-state index is 0.0329. The van der Waals surface area contributed by atoms with E-state index in [0.717, 1.165) is 16.9 Å². The summed E-state index contributed by atoms with van der Waals surface area (Å²) < 4.78 is 9.40. The van der Waals surface area contributed by atoms with Crippen LogP contribution in [0.4, 0.5) is 0 Å². The SMILES string of the molecule is CC(C)c1c(COc2ccc(Cl)cc2Cl)n(C)n(-c2ccccc2)c1=O. The number of para-hydroxylation sites is 1. The predicted octanol–water partition coefficient (Wildman–Crippen LogP) is 5.19. The predicted molar refractivity (Wildman–Crippen MR) is 106 cm³/mol. The van der Waals surface area contributed by atoms with Gasteiger partial charge in [0, 0.05) is 17.6 Å². The molecule has 0 bridgehead atoms. The monoisotopic (exact) mass is 390 g/mol. The zero-order chi connectivity index (χ0) is 18.8. The lowest BCUT2D eigenvalue weighted by atomic mass is 10.0. The average Bonchev–Trinajstić information content (AvgIpc) is 2.85. The number of rotatable bonds is 5. The molecule has 136 valence electrons. The van der Waals surface area contributed by atoms with Gasteiger partial charge in [0.1, 0.15) is 12.4 Å². The molecule has 0 saturated heterocycles. The topological polar surface area (TPSA) is 36.2 Å². The fourth-order valence-corrected chi connectivity index (χ4v) is 3.48. The molecule has 4 nitrogen and oxygen atoms in total. The Morgan fingerprint density at radius 2 is 1.77 bits per heavy atom. The van der Waals surface area contributed by atoms with Crippen molar-refractivity contribution < 1.29 is 4.74 Å². The Hall–Kier alpha value is -2.17. The largest absolute Gasteiger partial charge is 0.486 e. The van der Waals surface area contributed by atoms with Crippen LogP contribution < -0.4 is 10.3 Å². The summed E-state index contributed by atoms with van der Waals surface area (Å²) in [6.07, 6.45) is 0. The molecule has 26 heavy (non-hydrogen) atoms. The molecule has 6 heteroatoms. The highest BCUT2D eigenvalue weighted by molar-refractivity contribution is 6.35. The van der Waals surface area contributed by atoms with Gasteiger partial charge in [-0.2, -0.15) is 0 Å². The Morgan fingerprint density at radius 3 is 2.38 bits per heavy atom. The van der Waals surface area contributed by atoms with Crippen LogP contribution in [0.2, 0.25) is 10.0 Å². The first kappa shape index (κ1) is 18.6. The molecule has 1 heterocycles. The van der Waals surface area contributed by atoms with Crippen molar-refractivity contribution >= 4 is 23.2 Å². The van der Waals surface area contributed by atoms with Crippen molar-refractivity contribution in [1.82, 2.24) is 9.36 Å². The molecule has 0 aliphatic carbocycles. The van der Waals surface area contributed by atoms with Gasteiger partial charge in [-0.15, -0.1) is 0 Å². The smallest absolute Gasteiger partial charge is 0.275 e. The first-order valence-corrected chi connectivity index (χ1v) is 9.09. The van der Waals surface area contributed by atoms with Gasteiger partial charge in [-0.25, -0.2) is 4.68 Å². The molecular formula is C20H20Cl2N2O2. The average molecular weight is 391 g/mol. The van der Waals surface area contributed by atoms with Crippen molar-refractivity contribution in [3.8, 4) is 11.4 Å². The fraction of sp³-hybridized carbons (Fsp3) is 0.250. The minimum atomic E-state index is -0.0329. The number of hydrogen-bond acceptors (Lipinski definition) is 2. The first-order valence-electron chi connectivity index (χ1n) is 8.34. The lowest BCUT2D eigenvalue weighted by Gasteiger charge is -2.13. The van der Waals surface area contributed by atoms with Gasteiger partial charge >= 0.3 is 0 Å². The van der Waals surface area contributed by atoms with Crippen molar-refractivity contribution in [2.75, 3.05) is 0 Å². The molecule has 0 N–H and O–H groups in total. The van der Waals surface area contributed by atoms with E-state index in [1.54, 1.807) is 22.9 Å². The lowest BCUT2D eigenvalue weighted by Crippen LogP contribution is -2.21. The van der Waals surface area contributed by atoms with E-state index in [1.165, 1.54) is 0 Å². The molecule has 0 unspecified atom stereocenters. The number of benzene rings is 2. The third-order valence-electron chi connectivity index (χ3n) is 4.26. The Kier molecular flexibility index (Phi) is 5.44. The van der Waals surface area contributed by atoms with Gasteiger partial charge in [0.15, 0.2) is 0 Å². The van der Waals surface area contributed by atoms with Gasteiger partial charge in [0.05, 0.1) is 16.4 Å². The molecule has 3 aromatic rings. The summed E-state index contributed by atoms with van der Waals surface area (Å²) in [5, 5.41) is 0.990. The van der Waals surface area contributed by atoms with E-state index in [4.69, 9.17) is 27.9 Å². The highest BCUT2D eigenvalue weighted by Crippen LogP contribution is 2.29. The number of ether oxygens (including phenoxy) is 1. The summed E-state index contributed by atoms with van der Waals surface area (Å²) in [6.45, 7) is 4.25. The number of nitrogens with zero attached hydrogens (tertiary/aromatic N) is 2. The molecule has 2 aromatic carbocycles. The molecule has 1 aromatic heterocycles. The Bertz CT molecular complexity index is 975. The van der Waals surface area contributed by atoms with Crippen LogP contribution in [-0.4, -0.2) is 9.36 Å². The molecule has 0 radical (unpaired) electrons. The molecule has 0 amide bonds. The van der Waals surface area contributed by atoms with E-state index in [0.29, 0.717) is 15.8 Å². The Labute approximate surface area is 162 Å². The summed E-state index contributed by atoms with van der Waals surface area (Å²) >= 11 is 12.1. The highest BCUT2D eigenvalue weighted by atomic mass is 35.5. The molecule has 0 aliphatic heterocycles. The molecule has 3 rings (SSSR count). The van der Waals surface area contributed by atoms with Gasteiger partial charge < -0.3 is 4.74 Å². The second kappa shape index (κ2) is 7.60. The van der Waals surface area contributed by atoms with Crippen molar-refractivity contribution in [1.29, 1.82) is 0 Å². The van der Waals surface area contributed by atoms with Gasteiger partial charge in [0.2, 0.25) is 0 Å². The maximum atomic E-state index is 13.0. The van der Waals surface area contributed by atoms with Crippen molar-refractivity contribution in [2.45, 2.75) is 26.4 Å². The normalized spacial score (nSPS) is 11.2. The van der Waals surface area contributed by atoms with Crippen molar-refractivity contribution in [2.24, 2.45) is 7.05 Å². The summed E-state index contributed by atoms with van der Waals surface area (Å²) in [5.41, 5.74) is 2.34. The van der Waals surface area contributed by atoms with Crippen molar-refractivity contribution in [3.63, 3.8) is 0 Å². The van der Waals surface area contributed by atoms with E-state index in [1.807, 2.05) is 55.9 Å². The third kappa shape index (κ3) is 3.53. The second-order valence-electron chi connectivity index (χ2n) is 6.35. The molecule has 0 aliphatic rings. The fourth-order valence-electron chi connectivity index (χ4n) is 3.02. The van der Waals surface area contributed by atoms with Gasteiger partial charge in [-0.05, 0) is 36.2 Å². The van der Waals surface area contributed by atoms with Crippen LogP contribution in [0.1, 0.15) is 31.0 Å². The zero-order valence-electron chi connectivity index (χ0n) is 14.9. The zero-order valence-corrected chi connectivity index (χ0v) is 16.4. The quantitative estimate of drug-likeness (QED) is 0.601. The van der Waals surface area contributed by atoms with Gasteiger partial charge in [0.25, 0.3) is 5.56 Å². The summed E-state index contributed by atoms with van der Waals surface area (Å²) in [5.74, 6) is 0.601. The van der Waals surface area contributed by atoms with E-state index >= 15 is 0 Å². The van der Waals surface area contributed by atoms with E-state index in [2.05, 4.69) is 0 Å². The van der Waals surface area contributed by atoms with Gasteiger partial charge in [-0.1, -0.05) is 55.2 Å². The van der Waals surface area contributed by atoms with Crippen LogP contribution in [0.25, 0.3) is 5.69 Å². The number of hydrogen-bond donors (Lipinski definition) is 0. The molecule has 0 spiro atoms. The van der Waals surface area contributed by atoms with Crippen molar-refractivity contribution in [3.05, 3.63) is 80.2 Å². The van der Waals surface area contributed by atoms with Crippen LogP contribution in [0.5, 0.6) is 5.75 Å². The molecule has 0 atom stereocenters. The van der Waals surface area contributed by atoms with Crippen LogP contribution in [0, 0.1) is 0 Å². The first-order chi connectivity index (χ1) is 12.4. The highest BCUT2D eigenvalue weighted by Gasteiger charge is 2.22. The lowest BCUT2D eigenvalue weighted by molar-refractivity contribution is 0.291. The standard InChI is InChI=1S/C20H20Cl2N2O2/c1-13(2)19-17(12-26-18-10-9-14(21)11-16(18)22)23(3)24(20(19)25)15-7-5-4-6-8-15/h4-11,13H,12H2,1-3H3. The van der Waals surface area contributed by atoms with Crippen LogP contribution in [-0.2, 0) is 13.7 Å². The summed E-state index contributed by atoms with van der Waals surface area (Å²) in [6, 6.07) is 14.6. The minimum Gasteiger partial charge on any atom is -0.486 e. The van der Waals surface area contributed by atoms with Crippen LogP contribution in [0.15, 0.2) is 53.3 Å². The number of aromatic nitrogens is 2. The third-order valence-corrected chi connectivity index (χ3v) is 4.79.